The van der Waals surface area contributed by atoms with Gasteiger partial charge in [0.25, 0.3) is 0 Å². The number of aryl methyl sites for hydroxylation is 3. The van der Waals surface area contributed by atoms with E-state index in [4.69, 9.17) is 9.72 Å². The van der Waals surface area contributed by atoms with Crippen LogP contribution in [0.1, 0.15) is 42.8 Å². The lowest BCUT2D eigenvalue weighted by Gasteiger charge is -2.15. The number of amides is 1. The van der Waals surface area contributed by atoms with Crippen molar-refractivity contribution in [3.63, 3.8) is 0 Å². The van der Waals surface area contributed by atoms with E-state index in [2.05, 4.69) is 48.5 Å². The van der Waals surface area contributed by atoms with Crippen molar-refractivity contribution in [1.82, 2.24) is 14.9 Å². The van der Waals surface area contributed by atoms with Crippen LogP contribution >= 0.6 is 0 Å². The molecule has 0 aliphatic rings. The van der Waals surface area contributed by atoms with Gasteiger partial charge in [-0.15, -0.1) is 0 Å². The summed E-state index contributed by atoms with van der Waals surface area (Å²) in [4.78, 5) is 16.5. The first-order chi connectivity index (χ1) is 14.0. The number of benzene rings is 2. The number of unbranched alkanes of at least 4 members (excludes halogenated alkanes) is 1. The van der Waals surface area contributed by atoms with Gasteiger partial charge in [0.05, 0.1) is 23.7 Å². The van der Waals surface area contributed by atoms with E-state index in [-0.39, 0.29) is 11.9 Å². The van der Waals surface area contributed by atoms with Crippen LogP contribution in [0, 0.1) is 13.8 Å². The Morgan fingerprint density at radius 2 is 2.00 bits per heavy atom. The summed E-state index contributed by atoms with van der Waals surface area (Å²) in [7, 11) is 0. The van der Waals surface area contributed by atoms with E-state index < -0.39 is 0 Å². The predicted octanol–water partition coefficient (Wildman–Crippen LogP) is 4.88. The SMILES string of the molecule is C=CC(=O)NC(C)c1nc2ccccc2n1CCCCOc1ccc(C)c(C)c1. The van der Waals surface area contributed by atoms with Crippen molar-refractivity contribution in [2.45, 2.75) is 46.2 Å². The summed E-state index contributed by atoms with van der Waals surface area (Å²) in [5, 5.41) is 2.92. The smallest absolute Gasteiger partial charge is 0.243 e. The highest BCUT2D eigenvalue weighted by atomic mass is 16.5. The average Bonchev–Trinajstić information content (AvgIpc) is 3.09. The van der Waals surface area contributed by atoms with Crippen molar-refractivity contribution in [1.29, 1.82) is 0 Å². The number of hydrogen-bond donors (Lipinski definition) is 1. The Balaban J connectivity index is 1.64. The molecular formula is C24H29N3O2. The number of carbonyl (C=O) groups excluding carboxylic acids is 1. The zero-order valence-corrected chi connectivity index (χ0v) is 17.4. The van der Waals surface area contributed by atoms with Gasteiger partial charge in [-0.25, -0.2) is 4.98 Å². The Morgan fingerprint density at radius 1 is 1.21 bits per heavy atom. The minimum Gasteiger partial charge on any atom is -0.494 e. The van der Waals surface area contributed by atoms with Crippen LogP contribution in [0.5, 0.6) is 5.75 Å². The molecule has 1 heterocycles. The second-order valence-corrected chi connectivity index (χ2v) is 7.35. The average molecular weight is 392 g/mol. The zero-order chi connectivity index (χ0) is 20.8. The van der Waals surface area contributed by atoms with Crippen LogP contribution in [0.25, 0.3) is 11.0 Å². The fraction of sp³-hybridized carbons (Fsp3) is 0.333. The van der Waals surface area contributed by atoms with Gasteiger partial charge < -0.3 is 14.6 Å². The molecule has 0 aliphatic heterocycles. The van der Waals surface area contributed by atoms with Crippen LogP contribution in [0.2, 0.25) is 0 Å². The second kappa shape index (κ2) is 9.41. The van der Waals surface area contributed by atoms with Crippen molar-refractivity contribution < 1.29 is 9.53 Å². The number of rotatable bonds is 9. The third-order valence-corrected chi connectivity index (χ3v) is 5.14. The Kier molecular flexibility index (Phi) is 6.70. The molecular weight excluding hydrogens is 362 g/mol. The summed E-state index contributed by atoms with van der Waals surface area (Å²) in [5.74, 6) is 1.58. The molecule has 1 aromatic heterocycles. The van der Waals surface area contributed by atoms with E-state index >= 15 is 0 Å². The highest BCUT2D eigenvalue weighted by Gasteiger charge is 2.17. The summed E-state index contributed by atoms with van der Waals surface area (Å²) in [6, 6.07) is 14.1. The van der Waals surface area contributed by atoms with E-state index in [9.17, 15) is 4.79 Å². The van der Waals surface area contributed by atoms with Gasteiger partial charge in [-0.1, -0.05) is 24.8 Å². The van der Waals surface area contributed by atoms with Crippen molar-refractivity contribution in [3.8, 4) is 5.75 Å². The standard InChI is InChI=1S/C24H29N3O2/c1-5-23(28)25-19(4)24-26-21-10-6-7-11-22(21)27(24)14-8-9-15-29-20-13-12-17(2)18(3)16-20/h5-7,10-13,16,19H,1,8-9,14-15H2,2-4H3,(H,25,28). The number of hydrogen-bond acceptors (Lipinski definition) is 3. The van der Waals surface area contributed by atoms with E-state index in [0.29, 0.717) is 6.61 Å². The van der Waals surface area contributed by atoms with Gasteiger partial charge in [0.15, 0.2) is 0 Å². The molecule has 1 unspecified atom stereocenters. The molecule has 0 saturated carbocycles. The van der Waals surface area contributed by atoms with E-state index in [1.807, 2.05) is 31.2 Å². The summed E-state index contributed by atoms with van der Waals surface area (Å²) in [6.45, 7) is 11.2. The quantitative estimate of drug-likeness (QED) is 0.418. The molecule has 3 rings (SSSR count). The molecule has 0 fully saturated rings. The maximum Gasteiger partial charge on any atom is 0.243 e. The Bertz CT molecular complexity index is 1010. The number of para-hydroxylation sites is 2. The second-order valence-electron chi connectivity index (χ2n) is 7.35. The predicted molar refractivity (Wildman–Crippen MR) is 117 cm³/mol. The molecule has 3 aromatic rings. The highest BCUT2D eigenvalue weighted by Crippen LogP contribution is 2.22. The van der Waals surface area contributed by atoms with Gasteiger partial charge in [-0.05, 0) is 75.1 Å². The lowest BCUT2D eigenvalue weighted by atomic mass is 10.1. The molecule has 5 heteroatoms. The van der Waals surface area contributed by atoms with Crippen LogP contribution in [-0.4, -0.2) is 22.1 Å². The van der Waals surface area contributed by atoms with Crippen LogP contribution in [0.4, 0.5) is 0 Å². The van der Waals surface area contributed by atoms with E-state index in [1.165, 1.54) is 17.2 Å². The van der Waals surface area contributed by atoms with Gasteiger partial charge in [-0.2, -0.15) is 0 Å². The van der Waals surface area contributed by atoms with Crippen LogP contribution in [0.3, 0.4) is 0 Å². The minimum absolute atomic E-state index is 0.195. The van der Waals surface area contributed by atoms with Gasteiger partial charge >= 0.3 is 0 Å². The van der Waals surface area contributed by atoms with Crippen molar-refractivity contribution in [2.75, 3.05) is 6.61 Å². The number of ether oxygens (including phenoxy) is 1. The van der Waals surface area contributed by atoms with Crippen molar-refractivity contribution >= 4 is 16.9 Å². The van der Waals surface area contributed by atoms with E-state index in [1.54, 1.807) is 0 Å². The van der Waals surface area contributed by atoms with Gasteiger partial charge in [-0.3, -0.25) is 4.79 Å². The molecule has 0 saturated heterocycles. The fourth-order valence-corrected chi connectivity index (χ4v) is 3.36. The topological polar surface area (TPSA) is 56.2 Å². The van der Waals surface area contributed by atoms with Crippen LogP contribution in [0.15, 0.2) is 55.1 Å². The molecule has 0 bridgehead atoms. The Hall–Kier alpha value is -3.08. The lowest BCUT2D eigenvalue weighted by Crippen LogP contribution is -2.27. The van der Waals surface area contributed by atoms with Crippen molar-refractivity contribution in [2.24, 2.45) is 0 Å². The molecule has 0 radical (unpaired) electrons. The molecule has 1 amide bonds. The third kappa shape index (κ3) is 5.05. The van der Waals surface area contributed by atoms with Crippen LogP contribution < -0.4 is 10.1 Å². The summed E-state index contributed by atoms with van der Waals surface area (Å²) in [6.07, 6.45) is 3.18. The number of nitrogens with zero attached hydrogens (tertiary/aromatic N) is 2. The highest BCUT2D eigenvalue weighted by molar-refractivity contribution is 5.87. The number of nitrogens with one attached hydrogen (secondary N) is 1. The maximum absolute atomic E-state index is 11.7. The first-order valence-electron chi connectivity index (χ1n) is 10.1. The van der Waals surface area contributed by atoms with Gasteiger partial charge in [0, 0.05) is 6.54 Å². The summed E-state index contributed by atoms with van der Waals surface area (Å²) in [5.41, 5.74) is 4.54. The minimum atomic E-state index is -0.196. The molecule has 0 aliphatic carbocycles. The van der Waals surface area contributed by atoms with Crippen molar-refractivity contribution in [3.05, 3.63) is 72.1 Å². The lowest BCUT2D eigenvalue weighted by molar-refractivity contribution is -0.117. The molecule has 1 N–H and O–H groups in total. The van der Waals surface area contributed by atoms with Gasteiger partial charge in [0.2, 0.25) is 5.91 Å². The normalized spacial score (nSPS) is 12.0. The Morgan fingerprint density at radius 3 is 2.76 bits per heavy atom. The number of aromatic nitrogens is 2. The third-order valence-electron chi connectivity index (χ3n) is 5.14. The summed E-state index contributed by atoms with van der Waals surface area (Å²) >= 11 is 0. The van der Waals surface area contributed by atoms with Gasteiger partial charge in [0.1, 0.15) is 11.6 Å². The largest absolute Gasteiger partial charge is 0.494 e. The summed E-state index contributed by atoms with van der Waals surface area (Å²) < 4.78 is 8.09. The zero-order valence-electron chi connectivity index (χ0n) is 17.4. The number of carbonyl (C=O) groups is 1. The number of fused-ring (bicyclic) bond motifs is 1. The first-order valence-corrected chi connectivity index (χ1v) is 10.1. The maximum atomic E-state index is 11.7. The molecule has 5 nitrogen and oxygen atoms in total. The molecule has 29 heavy (non-hydrogen) atoms. The molecule has 2 aromatic carbocycles. The van der Waals surface area contributed by atoms with E-state index in [0.717, 1.165) is 42.0 Å². The van der Waals surface area contributed by atoms with Crippen LogP contribution in [-0.2, 0) is 11.3 Å². The molecule has 152 valence electrons. The fourth-order valence-electron chi connectivity index (χ4n) is 3.36. The number of imidazole rings is 1. The first kappa shape index (κ1) is 20.6. The monoisotopic (exact) mass is 391 g/mol. The molecule has 1 atom stereocenters. The Labute approximate surface area is 172 Å². The molecule has 0 spiro atoms.